The third-order valence-electron chi connectivity index (χ3n) is 3.17. The Morgan fingerprint density at radius 1 is 1.50 bits per heavy atom. The van der Waals surface area contributed by atoms with E-state index in [1.807, 2.05) is 18.2 Å². The van der Waals surface area contributed by atoms with Crippen molar-refractivity contribution >= 4 is 11.6 Å². The van der Waals surface area contributed by atoms with Crippen molar-refractivity contribution in [1.29, 1.82) is 5.26 Å². The Balaban J connectivity index is 2.56. The predicted octanol–water partition coefficient (Wildman–Crippen LogP) is 2.22. The van der Waals surface area contributed by atoms with Crippen molar-refractivity contribution in [1.82, 2.24) is 0 Å². The normalized spacial score (nSPS) is 18.4. The van der Waals surface area contributed by atoms with Crippen LogP contribution in [0, 0.1) is 11.3 Å². The molecule has 1 aromatic carbocycles. The van der Waals surface area contributed by atoms with Gasteiger partial charge in [0.05, 0.1) is 24.1 Å². The topological polar surface area (TPSA) is 44.1 Å². The number of rotatable bonds is 2. The largest absolute Gasteiger partial charge is 0.314 e. The van der Waals surface area contributed by atoms with Crippen LogP contribution in [-0.4, -0.2) is 13.0 Å². The Labute approximate surface area is 95.3 Å². The van der Waals surface area contributed by atoms with E-state index < -0.39 is 0 Å². The molecule has 1 aromatic rings. The molecule has 0 unspecified atom stereocenters. The van der Waals surface area contributed by atoms with E-state index in [0.29, 0.717) is 0 Å². The van der Waals surface area contributed by atoms with Crippen molar-refractivity contribution in [2.45, 2.75) is 25.7 Å². The van der Waals surface area contributed by atoms with E-state index in [2.05, 4.69) is 13.0 Å². The van der Waals surface area contributed by atoms with Crippen LogP contribution in [0.4, 0.5) is 5.69 Å². The van der Waals surface area contributed by atoms with Gasteiger partial charge in [0.2, 0.25) is 5.91 Å². The van der Waals surface area contributed by atoms with Gasteiger partial charge in [0.15, 0.2) is 0 Å². The zero-order chi connectivity index (χ0) is 11.7. The maximum atomic E-state index is 12.0. The van der Waals surface area contributed by atoms with Crippen LogP contribution in [-0.2, 0) is 11.2 Å². The molecule has 1 amide bonds. The first-order valence-corrected chi connectivity index (χ1v) is 5.47. The number of nitrogens with zero attached hydrogens (tertiary/aromatic N) is 2. The summed E-state index contributed by atoms with van der Waals surface area (Å²) in [5.41, 5.74) is 3.19. The van der Waals surface area contributed by atoms with Gasteiger partial charge in [-0.3, -0.25) is 4.79 Å². The number of para-hydroxylation sites is 1. The van der Waals surface area contributed by atoms with Gasteiger partial charge >= 0.3 is 0 Å². The Morgan fingerprint density at radius 3 is 2.88 bits per heavy atom. The van der Waals surface area contributed by atoms with Crippen molar-refractivity contribution in [3.8, 4) is 6.07 Å². The lowest BCUT2D eigenvalue weighted by Crippen LogP contribution is -2.24. The molecule has 0 aliphatic carbocycles. The lowest BCUT2D eigenvalue weighted by molar-refractivity contribution is -0.118. The van der Waals surface area contributed by atoms with Crippen LogP contribution in [0.25, 0.3) is 0 Å². The van der Waals surface area contributed by atoms with Crippen molar-refractivity contribution in [3.05, 3.63) is 29.3 Å². The van der Waals surface area contributed by atoms with Crippen LogP contribution >= 0.6 is 0 Å². The van der Waals surface area contributed by atoms with E-state index in [1.54, 1.807) is 11.9 Å². The van der Waals surface area contributed by atoms with E-state index in [-0.39, 0.29) is 18.2 Å². The molecule has 0 N–H and O–H groups in total. The van der Waals surface area contributed by atoms with Crippen LogP contribution in [0.5, 0.6) is 0 Å². The Hall–Kier alpha value is -1.82. The lowest BCUT2D eigenvalue weighted by Gasteiger charge is -2.13. The highest BCUT2D eigenvalue weighted by molar-refractivity contribution is 6.05. The van der Waals surface area contributed by atoms with E-state index in [1.165, 1.54) is 5.56 Å². The maximum absolute atomic E-state index is 12.0. The number of carbonyl (C=O) groups is 1. The zero-order valence-electron chi connectivity index (χ0n) is 9.53. The van der Waals surface area contributed by atoms with Crippen LogP contribution in [0.15, 0.2) is 18.2 Å². The summed E-state index contributed by atoms with van der Waals surface area (Å²) < 4.78 is 0. The summed E-state index contributed by atoms with van der Waals surface area (Å²) in [6.45, 7) is 2.07. The first kappa shape index (κ1) is 10.7. The Kier molecular flexibility index (Phi) is 2.66. The summed E-state index contributed by atoms with van der Waals surface area (Å²) >= 11 is 0. The summed E-state index contributed by atoms with van der Waals surface area (Å²) in [4.78, 5) is 13.7. The molecule has 1 heterocycles. The molecule has 3 nitrogen and oxygen atoms in total. The number of hydrogen-bond acceptors (Lipinski definition) is 2. The van der Waals surface area contributed by atoms with Crippen molar-refractivity contribution in [3.63, 3.8) is 0 Å². The van der Waals surface area contributed by atoms with Crippen LogP contribution in [0.1, 0.15) is 30.4 Å². The molecule has 82 valence electrons. The molecule has 2 rings (SSSR count). The molecule has 1 aliphatic heterocycles. The molecule has 1 atom stereocenters. The highest BCUT2D eigenvalue weighted by Gasteiger charge is 2.35. The molecule has 0 aromatic heterocycles. The average molecular weight is 214 g/mol. The summed E-state index contributed by atoms with van der Waals surface area (Å²) in [5, 5.41) is 8.76. The standard InChI is InChI=1S/C13H14N2O/c1-3-9-5-4-6-10-11(7-8-14)13(16)15(2)12(9)10/h4-6,11H,3,7H2,1-2H3/t11-/m0/s1. The zero-order valence-corrected chi connectivity index (χ0v) is 9.53. The Morgan fingerprint density at radius 2 is 2.25 bits per heavy atom. The Bertz CT molecular complexity index is 473. The second-order valence-electron chi connectivity index (χ2n) is 4.02. The van der Waals surface area contributed by atoms with Crippen LogP contribution < -0.4 is 4.90 Å². The number of amides is 1. The SMILES string of the molecule is CCc1cccc2c1N(C)C(=O)[C@H]2CC#N. The number of benzene rings is 1. The number of anilines is 1. The minimum Gasteiger partial charge on any atom is -0.314 e. The van der Waals surface area contributed by atoms with Gasteiger partial charge in [-0.2, -0.15) is 5.26 Å². The third kappa shape index (κ3) is 1.38. The highest BCUT2D eigenvalue weighted by atomic mass is 16.2. The van der Waals surface area contributed by atoms with Crippen molar-refractivity contribution in [2.24, 2.45) is 0 Å². The van der Waals surface area contributed by atoms with Crippen LogP contribution in [0.2, 0.25) is 0 Å². The first-order valence-electron chi connectivity index (χ1n) is 5.47. The fourth-order valence-electron chi connectivity index (χ4n) is 2.35. The summed E-state index contributed by atoms with van der Waals surface area (Å²) in [6, 6.07) is 8.05. The van der Waals surface area contributed by atoms with Gasteiger partial charge in [-0.15, -0.1) is 0 Å². The molecular weight excluding hydrogens is 200 g/mol. The number of aryl methyl sites for hydroxylation is 1. The van der Waals surface area contributed by atoms with E-state index >= 15 is 0 Å². The first-order chi connectivity index (χ1) is 7.70. The van der Waals surface area contributed by atoms with E-state index in [9.17, 15) is 4.79 Å². The third-order valence-corrected chi connectivity index (χ3v) is 3.17. The fraction of sp³-hybridized carbons (Fsp3) is 0.385. The van der Waals surface area contributed by atoms with Crippen molar-refractivity contribution in [2.75, 3.05) is 11.9 Å². The molecule has 1 aliphatic rings. The molecular formula is C13H14N2O. The monoisotopic (exact) mass is 214 g/mol. The van der Waals surface area contributed by atoms with E-state index in [4.69, 9.17) is 5.26 Å². The van der Waals surface area contributed by atoms with Gasteiger partial charge in [0.25, 0.3) is 0 Å². The van der Waals surface area contributed by atoms with Gasteiger partial charge in [0, 0.05) is 7.05 Å². The van der Waals surface area contributed by atoms with Crippen LogP contribution in [0.3, 0.4) is 0 Å². The molecule has 0 saturated carbocycles. The number of fused-ring (bicyclic) bond motifs is 1. The second-order valence-corrected chi connectivity index (χ2v) is 4.02. The van der Waals surface area contributed by atoms with Gasteiger partial charge in [0.1, 0.15) is 0 Å². The summed E-state index contributed by atoms with van der Waals surface area (Å²) in [5.74, 6) is -0.228. The fourth-order valence-corrected chi connectivity index (χ4v) is 2.35. The molecule has 0 bridgehead atoms. The number of nitriles is 1. The van der Waals surface area contributed by atoms with Gasteiger partial charge in [-0.05, 0) is 17.5 Å². The van der Waals surface area contributed by atoms with Gasteiger partial charge in [-0.1, -0.05) is 25.1 Å². The number of hydrogen-bond donors (Lipinski definition) is 0. The van der Waals surface area contributed by atoms with Crippen molar-refractivity contribution < 1.29 is 4.79 Å². The molecule has 0 saturated heterocycles. The average Bonchev–Trinajstić information content (AvgIpc) is 2.55. The number of likely N-dealkylation sites (N-methyl/N-ethyl adjacent to an activating group) is 1. The van der Waals surface area contributed by atoms with Gasteiger partial charge in [-0.25, -0.2) is 0 Å². The smallest absolute Gasteiger partial charge is 0.235 e. The molecule has 16 heavy (non-hydrogen) atoms. The molecule has 3 heteroatoms. The molecule has 0 fully saturated rings. The highest BCUT2D eigenvalue weighted by Crippen LogP contribution is 2.40. The molecule has 0 spiro atoms. The summed E-state index contributed by atoms with van der Waals surface area (Å²) in [7, 11) is 1.79. The molecule has 0 radical (unpaired) electrons. The minimum absolute atomic E-state index is 0.0393. The summed E-state index contributed by atoms with van der Waals surface area (Å²) in [6.07, 6.45) is 1.17. The quantitative estimate of drug-likeness (QED) is 0.757. The number of carbonyl (C=O) groups excluding carboxylic acids is 1. The van der Waals surface area contributed by atoms with Gasteiger partial charge < -0.3 is 4.90 Å². The maximum Gasteiger partial charge on any atom is 0.235 e. The van der Waals surface area contributed by atoms with E-state index in [0.717, 1.165) is 17.7 Å². The second kappa shape index (κ2) is 3.97. The lowest BCUT2D eigenvalue weighted by atomic mass is 9.96. The minimum atomic E-state index is -0.267. The predicted molar refractivity (Wildman–Crippen MR) is 62.2 cm³/mol.